The summed E-state index contributed by atoms with van der Waals surface area (Å²) in [5, 5.41) is 9.91. The monoisotopic (exact) mass is 452 g/mol. The number of carbonyl (C=O) groups excluding carboxylic acids is 1. The van der Waals surface area contributed by atoms with Gasteiger partial charge in [-0.05, 0) is 54.9 Å². The summed E-state index contributed by atoms with van der Waals surface area (Å²) in [5.41, 5.74) is 2.19. The average Bonchev–Trinajstić information content (AvgIpc) is 2.81. The van der Waals surface area contributed by atoms with E-state index < -0.39 is 23.8 Å². The van der Waals surface area contributed by atoms with Crippen molar-refractivity contribution in [3.05, 3.63) is 71.8 Å². The Kier molecular flexibility index (Phi) is 11.2. The maximum atomic E-state index is 12.8. The van der Waals surface area contributed by atoms with Crippen LogP contribution in [0.2, 0.25) is 0 Å². The highest BCUT2D eigenvalue weighted by Gasteiger charge is 2.33. The molecule has 2 aromatic carbocycles. The van der Waals surface area contributed by atoms with Crippen LogP contribution in [-0.4, -0.2) is 30.8 Å². The quantitative estimate of drug-likeness (QED) is 0.280. The zero-order valence-electron chi connectivity index (χ0n) is 19.9. The van der Waals surface area contributed by atoms with E-state index in [4.69, 9.17) is 9.47 Å². The molecule has 5 nitrogen and oxygen atoms in total. The van der Waals surface area contributed by atoms with Gasteiger partial charge in [0.05, 0.1) is 25.6 Å². The molecule has 0 saturated carbocycles. The minimum Gasteiger partial charge on any atom is -0.497 e. The number of benzene rings is 2. The Hall–Kier alpha value is -3.08. The molecule has 0 heterocycles. The zero-order chi connectivity index (χ0) is 24.1. The average molecular weight is 453 g/mol. The first-order valence-corrected chi connectivity index (χ1v) is 11.6. The first-order chi connectivity index (χ1) is 15.9. The molecule has 0 unspecified atom stereocenters. The van der Waals surface area contributed by atoms with Crippen LogP contribution in [0.4, 0.5) is 0 Å². The lowest BCUT2D eigenvalue weighted by Gasteiger charge is -2.22. The number of hydrogen-bond donors (Lipinski definition) is 1. The number of carboxylic acids is 1. The van der Waals surface area contributed by atoms with Crippen molar-refractivity contribution in [1.29, 1.82) is 0 Å². The highest BCUT2D eigenvalue weighted by atomic mass is 16.5. The molecule has 0 aliphatic heterocycles. The molecule has 0 radical (unpaired) electrons. The minimum atomic E-state index is -0.945. The lowest BCUT2D eigenvalue weighted by molar-refractivity contribution is -0.158. The van der Waals surface area contributed by atoms with Gasteiger partial charge in [0, 0.05) is 0 Å². The van der Waals surface area contributed by atoms with Gasteiger partial charge in [-0.3, -0.25) is 9.59 Å². The van der Waals surface area contributed by atoms with Gasteiger partial charge in [-0.2, -0.15) is 0 Å². The number of ether oxygens (including phenoxy) is 2. The Morgan fingerprint density at radius 2 is 1.67 bits per heavy atom. The maximum absolute atomic E-state index is 12.8. The fraction of sp³-hybridized carbons (Fsp3) is 0.429. The van der Waals surface area contributed by atoms with Gasteiger partial charge in [0.2, 0.25) is 0 Å². The Bertz CT molecular complexity index is 871. The molecule has 178 valence electrons. The number of hydrogen-bond acceptors (Lipinski definition) is 4. The van der Waals surface area contributed by atoms with E-state index in [1.165, 1.54) is 5.56 Å². The van der Waals surface area contributed by atoms with Gasteiger partial charge in [-0.1, -0.05) is 74.9 Å². The summed E-state index contributed by atoms with van der Waals surface area (Å²) in [6.07, 6.45) is 7.04. The van der Waals surface area contributed by atoms with Crippen molar-refractivity contribution >= 4 is 18.0 Å². The lowest BCUT2D eigenvalue weighted by atomic mass is 9.85. The molecule has 0 aliphatic carbocycles. The van der Waals surface area contributed by atoms with Crippen LogP contribution in [0.3, 0.4) is 0 Å². The fourth-order valence-electron chi connectivity index (χ4n) is 3.68. The Balaban J connectivity index is 2.04. The van der Waals surface area contributed by atoms with Crippen LogP contribution in [-0.2, 0) is 20.7 Å². The van der Waals surface area contributed by atoms with Gasteiger partial charge < -0.3 is 14.6 Å². The van der Waals surface area contributed by atoms with E-state index in [2.05, 4.69) is 12.1 Å². The third-order valence-electron chi connectivity index (χ3n) is 5.55. The largest absolute Gasteiger partial charge is 0.497 e. The number of rotatable bonds is 14. The van der Waals surface area contributed by atoms with Crippen molar-refractivity contribution in [2.24, 2.45) is 17.8 Å². The smallest absolute Gasteiger partial charge is 0.310 e. The van der Waals surface area contributed by atoms with Crippen LogP contribution in [0, 0.1) is 17.8 Å². The topological polar surface area (TPSA) is 72.8 Å². The van der Waals surface area contributed by atoms with Crippen LogP contribution >= 0.6 is 0 Å². The molecule has 0 saturated heterocycles. The van der Waals surface area contributed by atoms with Gasteiger partial charge >= 0.3 is 11.9 Å². The van der Waals surface area contributed by atoms with Gasteiger partial charge in [-0.15, -0.1) is 0 Å². The second-order valence-electron chi connectivity index (χ2n) is 8.72. The first-order valence-electron chi connectivity index (χ1n) is 11.6. The van der Waals surface area contributed by atoms with Crippen molar-refractivity contribution in [2.45, 2.75) is 46.0 Å². The van der Waals surface area contributed by atoms with Crippen LogP contribution < -0.4 is 4.74 Å². The zero-order valence-corrected chi connectivity index (χ0v) is 19.9. The van der Waals surface area contributed by atoms with E-state index in [9.17, 15) is 14.7 Å². The molecular formula is C28H36O5. The molecule has 0 amide bonds. The minimum absolute atomic E-state index is 0.193. The molecular weight excluding hydrogens is 416 g/mol. The molecule has 0 spiro atoms. The molecule has 0 aliphatic rings. The standard InChI is InChI=1S/C28H36O5/c1-21(2)20-33-28(31)26(15-9-13-23-16-18-24(32-3)19-17-23)25(27(29)30)14-8-7-12-22-10-5-4-6-11-22/h4-6,9-11,13,16-19,21,25-26H,7-8,12,14-15,20H2,1-3H3,(H,29,30)/b13-9+/t25-,26+/m0/s1. The molecule has 0 fully saturated rings. The number of allylic oxidation sites excluding steroid dienone is 1. The van der Waals surface area contributed by atoms with Gasteiger partial charge in [0.15, 0.2) is 0 Å². The summed E-state index contributed by atoms with van der Waals surface area (Å²) in [6.45, 7) is 4.21. The van der Waals surface area contributed by atoms with E-state index in [0.717, 1.165) is 30.6 Å². The summed E-state index contributed by atoms with van der Waals surface area (Å²) < 4.78 is 10.6. The van der Waals surface area contributed by atoms with Crippen LogP contribution in [0.15, 0.2) is 60.7 Å². The summed E-state index contributed by atoms with van der Waals surface area (Å²) in [4.78, 5) is 24.9. The van der Waals surface area contributed by atoms with Crippen molar-refractivity contribution in [3.63, 3.8) is 0 Å². The third kappa shape index (κ3) is 9.52. The number of methoxy groups -OCH3 is 1. The van der Waals surface area contributed by atoms with Crippen molar-refractivity contribution in [3.8, 4) is 5.75 Å². The molecule has 2 atom stereocenters. The molecule has 2 aromatic rings. The Morgan fingerprint density at radius 3 is 2.27 bits per heavy atom. The second kappa shape index (κ2) is 14.1. The number of carbonyl (C=O) groups is 2. The highest BCUT2D eigenvalue weighted by Crippen LogP contribution is 2.26. The first kappa shape index (κ1) is 26.2. The third-order valence-corrected chi connectivity index (χ3v) is 5.55. The predicted octanol–water partition coefficient (Wildman–Crippen LogP) is 6.03. The molecule has 2 rings (SSSR count). The van der Waals surface area contributed by atoms with Crippen LogP contribution in [0.25, 0.3) is 6.08 Å². The normalized spacial score (nSPS) is 13.1. The van der Waals surface area contributed by atoms with Gasteiger partial charge in [0.25, 0.3) is 0 Å². The lowest BCUT2D eigenvalue weighted by Crippen LogP contribution is -2.32. The predicted molar refractivity (Wildman–Crippen MR) is 131 cm³/mol. The van der Waals surface area contributed by atoms with E-state index >= 15 is 0 Å². The van der Waals surface area contributed by atoms with Crippen LogP contribution in [0.1, 0.15) is 50.7 Å². The number of aliphatic carboxylic acids is 1. The van der Waals surface area contributed by atoms with Crippen molar-refractivity contribution in [1.82, 2.24) is 0 Å². The maximum Gasteiger partial charge on any atom is 0.310 e. The summed E-state index contributed by atoms with van der Waals surface area (Å²) in [7, 11) is 1.62. The summed E-state index contributed by atoms with van der Waals surface area (Å²) in [6, 6.07) is 17.7. The Labute approximate surface area is 197 Å². The van der Waals surface area contributed by atoms with E-state index in [1.807, 2.05) is 68.5 Å². The number of esters is 1. The fourth-order valence-corrected chi connectivity index (χ4v) is 3.68. The van der Waals surface area contributed by atoms with Crippen LogP contribution in [0.5, 0.6) is 5.75 Å². The second-order valence-corrected chi connectivity index (χ2v) is 8.72. The van der Waals surface area contributed by atoms with Crippen molar-refractivity contribution in [2.75, 3.05) is 13.7 Å². The number of unbranched alkanes of at least 4 members (excludes halogenated alkanes) is 1. The Morgan fingerprint density at radius 1 is 0.970 bits per heavy atom. The molecule has 33 heavy (non-hydrogen) atoms. The molecule has 0 bridgehead atoms. The van der Waals surface area contributed by atoms with E-state index in [0.29, 0.717) is 12.8 Å². The molecule has 0 aromatic heterocycles. The summed E-state index contributed by atoms with van der Waals surface area (Å²) >= 11 is 0. The van der Waals surface area contributed by atoms with E-state index in [-0.39, 0.29) is 12.5 Å². The van der Waals surface area contributed by atoms with Gasteiger partial charge in [0.1, 0.15) is 5.75 Å². The van der Waals surface area contributed by atoms with Crippen molar-refractivity contribution < 1.29 is 24.2 Å². The summed E-state index contributed by atoms with van der Waals surface area (Å²) in [5.74, 6) is -1.91. The SMILES string of the molecule is COc1ccc(/C=C/C[C@@H](C(=O)OCC(C)C)[C@H](CCCCc2ccccc2)C(=O)O)cc1. The highest BCUT2D eigenvalue weighted by molar-refractivity contribution is 5.81. The van der Waals surface area contributed by atoms with E-state index in [1.54, 1.807) is 7.11 Å². The van der Waals surface area contributed by atoms with Gasteiger partial charge in [-0.25, -0.2) is 0 Å². The number of aryl methyl sites for hydroxylation is 1. The molecule has 5 heteroatoms. The number of carboxylic acid groups (broad SMARTS) is 1. The molecule has 1 N–H and O–H groups in total.